The zero-order chi connectivity index (χ0) is 18.9. The minimum absolute atomic E-state index is 0.0505. The fourth-order valence-corrected chi connectivity index (χ4v) is 4.21. The van der Waals surface area contributed by atoms with Crippen LogP contribution >= 0.6 is 0 Å². The Morgan fingerprint density at radius 1 is 1.04 bits per heavy atom. The van der Waals surface area contributed by atoms with Crippen molar-refractivity contribution in [1.29, 1.82) is 0 Å². The van der Waals surface area contributed by atoms with Crippen LogP contribution in [0.1, 0.15) is 34.3 Å². The van der Waals surface area contributed by atoms with Crippen LogP contribution in [0.4, 0.5) is 0 Å². The molecule has 0 aliphatic carbocycles. The highest BCUT2D eigenvalue weighted by molar-refractivity contribution is 5.94. The van der Waals surface area contributed by atoms with Gasteiger partial charge in [0.2, 0.25) is 0 Å². The molecule has 142 valence electrons. The molecule has 0 atom stereocenters. The molecule has 2 aromatic rings. The van der Waals surface area contributed by atoms with E-state index in [9.17, 15) is 4.79 Å². The molecule has 5 nitrogen and oxygen atoms in total. The molecule has 2 aromatic carbocycles. The number of hydrogen-bond donors (Lipinski definition) is 0. The van der Waals surface area contributed by atoms with Crippen LogP contribution in [0.25, 0.3) is 0 Å². The van der Waals surface area contributed by atoms with Crippen molar-refractivity contribution in [2.24, 2.45) is 0 Å². The largest absolute Gasteiger partial charge is 0.497 e. The number of rotatable bonds is 3. The average molecular weight is 367 g/mol. The van der Waals surface area contributed by atoms with Crippen LogP contribution in [-0.4, -0.2) is 44.7 Å². The predicted molar refractivity (Wildman–Crippen MR) is 102 cm³/mol. The van der Waals surface area contributed by atoms with Crippen LogP contribution in [0.2, 0.25) is 0 Å². The highest BCUT2D eigenvalue weighted by Gasteiger charge is 2.41. The van der Waals surface area contributed by atoms with Crippen molar-refractivity contribution in [3.05, 3.63) is 59.2 Å². The Hall–Kier alpha value is -2.53. The van der Waals surface area contributed by atoms with Gasteiger partial charge in [0.05, 0.1) is 26.4 Å². The minimum Gasteiger partial charge on any atom is -0.497 e. The van der Waals surface area contributed by atoms with Crippen LogP contribution in [0.15, 0.2) is 42.5 Å². The number of carbonyl (C=O) groups is 1. The number of nitrogens with zero attached hydrogens (tertiary/aromatic N) is 1. The first kappa shape index (κ1) is 17.9. The van der Waals surface area contributed by atoms with Gasteiger partial charge in [-0.1, -0.05) is 12.1 Å². The van der Waals surface area contributed by atoms with Gasteiger partial charge in [-0.2, -0.15) is 0 Å². The Bertz CT molecular complexity index is 840. The molecule has 0 unspecified atom stereocenters. The summed E-state index contributed by atoms with van der Waals surface area (Å²) >= 11 is 0. The SMILES string of the molecule is COc1cccc(C(=O)N2CCC3(CC2)OCCc2cc(OC)ccc23)c1. The number of ether oxygens (including phenoxy) is 3. The van der Waals surface area contributed by atoms with Crippen molar-refractivity contribution >= 4 is 5.91 Å². The topological polar surface area (TPSA) is 48.0 Å². The summed E-state index contributed by atoms with van der Waals surface area (Å²) in [5.74, 6) is 1.64. The van der Waals surface area contributed by atoms with E-state index in [1.165, 1.54) is 11.1 Å². The molecule has 0 radical (unpaired) electrons. The number of amides is 1. The molecule has 1 fully saturated rings. The molecule has 0 saturated carbocycles. The standard InChI is InChI=1S/C22H25NO4/c1-25-18-5-3-4-17(15-18)21(24)23-11-9-22(10-12-23)20-7-6-19(26-2)14-16(20)8-13-27-22/h3-7,14-15H,8-13H2,1-2H3. The maximum atomic E-state index is 12.9. The number of fused-ring (bicyclic) bond motifs is 2. The van der Waals surface area contributed by atoms with Crippen molar-refractivity contribution in [2.45, 2.75) is 24.9 Å². The third-order valence-electron chi connectivity index (χ3n) is 5.73. The molecule has 1 saturated heterocycles. The molecule has 1 amide bonds. The van der Waals surface area contributed by atoms with Gasteiger partial charge in [0, 0.05) is 18.7 Å². The molecule has 27 heavy (non-hydrogen) atoms. The van der Waals surface area contributed by atoms with Crippen molar-refractivity contribution in [2.75, 3.05) is 33.9 Å². The molecule has 4 rings (SSSR count). The first-order chi connectivity index (χ1) is 13.1. The van der Waals surface area contributed by atoms with E-state index in [4.69, 9.17) is 14.2 Å². The van der Waals surface area contributed by atoms with E-state index in [1.54, 1.807) is 20.3 Å². The Morgan fingerprint density at radius 2 is 1.78 bits per heavy atom. The van der Waals surface area contributed by atoms with Gasteiger partial charge in [-0.3, -0.25) is 4.79 Å². The monoisotopic (exact) mass is 367 g/mol. The maximum Gasteiger partial charge on any atom is 0.253 e. The molecule has 0 N–H and O–H groups in total. The second-order valence-corrected chi connectivity index (χ2v) is 7.14. The minimum atomic E-state index is -0.287. The molecular formula is C22H25NO4. The number of methoxy groups -OCH3 is 2. The number of carbonyl (C=O) groups excluding carboxylic acids is 1. The first-order valence-electron chi connectivity index (χ1n) is 9.40. The summed E-state index contributed by atoms with van der Waals surface area (Å²) in [5, 5.41) is 0. The van der Waals surface area contributed by atoms with Crippen molar-refractivity contribution < 1.29 is 19.0 Å². The summed E-state index contributed by atoms with van der Waals surface area (Å²) in [6, 6.07) is 13.6. The Labute approximate surface area is 159 Å². The highest BCUT2D eigenvalue weighted by Crippen LogP contribution is 2.42. The second kappa shape index (κ2) is 7.24. The molecule has 2 aliphatic heterocycles. The van der Waals surface area contributed by atoms with Gasteiger partial charge < -0.3 is 19.1 Å². The first-order valence-corrected chi connectivity index (χ1v) is 9.40. The van der Waals surface area contributed by atoms with Crippen LogP contribution in [0.3, 0.4) is 0 Å². The van der Waals surface area contributed by atoms with E-state index in [0.717, 1.165) is 25.0 Å². The Balaban J connectivity index is 1.51. The second-order valence-electron chi connectivity index (χ2n) is 7.14. The number of piperidine rings is 1. The Morgan fingerprint density at radius 3 is 2.52 bits per heavy atom. The van der Waals surface area contributed by atoms with Gasteiger partial charge in [-0.15, -0.1) is 0 Å². The summed E-state index contributed by atoms with van der Waals surface area (Å²) in [6.45, 7) is 2.08. The summed E-state index contributed by atoms with van der Waals surface area (Å²) in [6.07, 6.45) is 2.52. The van der Waals surface area contributed by atoms with E-state index in [0.29, 0.717) is 31.0 Å². The Kier molecular flexibility index (Phi) is 4.79. The van der Waals surface area contributed by atoms with E-state index in [1.807, 2.05) is 29.2 Å². The fourth-order valence-electron chi connectivity index (χ4n) is 4.21. The molecule has 0 aromatic heterocycles. The van der Waals surface area contributed by atoms with Crippen molar-refractivity contribution in [1.82, 2.24) is 4.90 Å². The summed E-state index contributed by atoms with van der Waals surface area (Å²) < 4.78 is 16.9. The number of benzene rings is 2. The molecule has 0 bridgehead atoms. The molecule has 1 spiro atoms. The lowest BCUT2D eigenvalue weighted by molar-refractivity contribution is -0.0935. The lowest BCUT2D eigenvalue weighted by atomic mass is 9.79. The lowest BCUT2D eigenvalue weighted by Gasteiger charge is -2.45. The third-order valence-corrected chi connectivity index (χ3v) is 5.73. The van der Waals surface area contributed by atoms with E-state index in [-0.39, 0.29) is 11.5 Å². The van der Waals surface area contributed by atoms with Crippen LogP contribution in [0, 0.1) is 0 Å². The van der Waals surface area contributed by atoms with Crippen LogP contribution in [0.5, 0.6) is 11.5 Å². The van der Waals surface area contributed by atoms with Crippen LogP contribution < -0.4 is 9.47 Å². The molecule has 2 aliphatic rings. The van der Waals surface area contributed by atoms with Gasteiger partial charge in [0.15, 0.2) is 0 Å². The zero-order valence-corrected chi connectivity index (χ0v) is 15.9. The van der Waals surface area contributed by atoms with Gasteiger partial charge in [-0.05, 0) is 60.7 Å². The van der Waals surface area contributed by atoms with Gasteiger partial charge >= 0.3 is 0 Å². The fraction of sp³-hybridized carbons (Fsp3) is 0.409. The normalized spacial score (nSPS) is 18.1. The van der Waals surface area contributed by atoms with E-state index in [2.05, 4.69) is 12.1 Å². The average Bonchev–Trinajstić information content (AvgIpc) is 2.73. The molecular weight excluding hydrogens is 342 g/mol. The quantitative estimate of drug-likeness (QED) is 0.834. The predicted octanol–water partition coefficient (Wildman–Crippen LogP) is 3.41. The van der Waals surface area contributed by atoms with Crippen molar-refractivity contribution in [3.8, 4) is 11.5 Å². The summed E-state index contributed by atoms with van der Waals surface area (Å²) in [5.41, 5.74) is 2.93. The van der Waals surface area contributed by atoms with E-state index >= 15 is 0 Å². The van der Waals surface area contributed by atoms with Crippen molar-refractivity contribution in [3.63, 3.8) is 0 Å². The van der Waals surface area contributed by atoms with E-state index < -0.39 is 0 Å². The highest BCUT2D eigenvalue weighted by atomic mass is 16.5. The summed E-state index contributed by atoms with van der Waals surface area (Å²) in [7, 11) is 3.31. The number of hydrogen-bond acceptors (Lipinski definition) is 4. The lowest BCUT2D eigenvalue weighted by Crippen LogP contribution is -2.48. The third kappa shape index (κ3) is 3.28. The molecule has 2 heterocycles. The molecule has 5 heteroatoms. The summed E-state index contributed by atoms with van der Waals surface area (Å²) in [4.78, 5) is 14.8. The smallest absolute Gasteiger partial charge is 0.253 e. The number of likely N-dealkylation sites (tertiary alicyclic amines) is 1. The maximum absolute atomic E-state index is 12.9. The van der Waals surface area contributed by atoms with Gasteiger partial charge in [0.25, 0.3) is 5.91 Å². The van der Waals surface area contributed by atoms with Gasteiger partial charge in [0.1, 0.15) is 11.5 Å². The zero-order valence-electron chi connectivity index (χ0n) is 15.9. The van der Waals surface area contributed by atoms with Crippen LogP contribution in [-0.2, 0) is 16.8 Å². The van der Waals surface area contributed by atoms with Gasteiger partial charge in [-0.25, -0.2) is 0 Å².